The summed E-state index contributed by atoms with van der Waals surface area (Å²) in [7, 11) is 0. The lowest BCUT2D eigenvalue weighted by molar-refractivity contribution is 0.720. The number of benzene rings is 4. The molecule has 0 spiro atoms. The van der Waals surface area contributed by atoms with Gasteiger partial charge in [-0.15, -0.1) is 0 Å². The first-order valence-corrected chi connectivity index (χ1v) is 9.88. The Kier molecular flexibility index (Phi) is 4.39. The van der Waals surface area contributed by atoms with Crippen molar-refractivity contribution in [3.63, 3.8) is 0 Å². The van der Waals surface area contributed by atoms with Crippen molar-refractivity contribution in [3.8, 4) is 0 Å². The summed E-state index contributed by atoms with van der Waals surface area (Å²) in [4.78, 5) is 0. The largest absolute Gasteiger partial charge is 0.0622 e. The van der Waals surface area contributed by atoms with E-state index >= 15 is 0 Å². The van der Waals surface area contributed by atoms with Crippen LogP contribution in [0.3, 0.4) is 0 Å². The summed E-state index contributed by atoms with van der Waals surface area (Å²) in [6.45, 7) is 0. The van der Waals surface area contributed by atoms with Crippen molar-refractivity contribution in [3.05, 3.63) is 144 Å². The fourth-order valence-electron chi connectivity index (χ4n) is 4.52. The molecule has 0 saturated carbocycles. The van der Waals surface area contributed by atoms with Crippen molar-refractivity contribution in [2.75, 3.05) is 0 Å². The molecular weight excluding hydrogens is 336 g/mol. The molecule has 0 heterocycles. The number of hydrogen-bond acceptors (Lipinski definition) is 0. The van der Waals surface area contributed by atoms with Crippen LogP contribution in [0.1, 0.15) is 34.1 Å². The summed E-state index contributed by atoms with van der Waals surface area (Å²) < 4.78 is 0. The van der Waals surface area contributed by atoms with E-state index in [1.165, 1.54) is 33.4 Å². The topological polar surface area (TPSA) is 0 Å². The number of rotatable bonds is 4. The molecule has 1 aliphatic carbocycles. The minimum absolute atomic E-state index is 0.362. The van der Waals surface area contributed by atoms with Crippen LogP contribution in [0.4, 0.5) is 0 Å². The quantitative estimate of drug-likeness (QED) is 0.362. The van der Waals surface area contributed by atoms with E-state index in [2.05, 4.69) is 121 Å². The Hall–Kier alpha value is -3.38. The Balaban J connectivity index is 1.77. The Morgan fingerprint density at radius 2 is 0.607 bits per heavy atom. The van der Waals surface area contributed by atoms with E-state index < -0.39 is 0 Å². The Bertz CT molecular complexity index is 987. The van der Waals surface area contributed by atoms with Crippen LogP contribution < -0.4 is 0 Å². The average Bonchev–Trinajstić information content (AvgIpc) is 2.76. The van der Waals surface area contributed by atoms with Gasteiger partial charge in [-0.05, 0) is 33.4 Å². The van der Waals surface area contributed by atoms with Gasteiger partial charge in [-0.1, -0.05) is 121 Å². The predicted molar refractivity (Wildman–Crippen MR) is 118 cm³/mol. The first-order valence-electron chi connectivity index (χ1n) is 9.88. The lowest BCUT2D eigenvalue weighted by atomic mass is 9.59. The summed E-state index contributed by atoms with van der Waals surface area (Å²) in [5.74, 6) is 0.724. The molecule has 0 saturated heterocycles. The monoisotopic (exact) mass is 358 g/mol. The molecule has 0 heteroatoms. The number of hydrogen-bond donors (Lipinski definition) is 0. The van der Waals surface area contributed by atoms with Gasteiger partial charge in [0, 0.05) is 11.8 Å². The second kappa shape index (κ2) is 7.32. The van der Waals surface area contributed by atoms with Crippen LogP contribution in [-0.2, 0) is 0 Å². The molecule has 2 atom stereocenters. The zero-order valence-electron chi connectivity index (χ0n) is 15.7. The number of allylic oxidation sites excluding steroid dienone is 2. The summed E-state index contributed by atoms with van der Waals surface area (Å²) in [5, 5.41) is 0. The van der Waals surface area contributed by atoms with E-state index in [4.69, 9.17) is 0 Å². The van der Waals surface area contributed by atoms with Gasteiger partial charge in [-0.25, -0.2) is 0 Å². The van der Waals surface area contributed by atoms with Gasteiger partial charge in [0.2, 0.25) is 0 Å². The van der Waals surface area contributed by atoms with Gasteiger partial charge in [0.25, 0.3) is 0 Å². The fourth-order valence-corrected chi connectivity index (χ4v) is 4.52. The SMILES string of the molecule is c1ccc(C2=C(c3ccccc3)[C@@H](c3ccccc3)[C@H]2c2ccccc2)cc1. The van der Waals surface area contributed by atoms with Crippen LogP contribution in [0, 0.1) is 0 Å². The van der Waals surface area contributed by atoms with E-state index in [9.17, 15) is 0 Å². The molecule has 0 aromatic heterocycles. The van der Waals surface area contributed by atoms with Gasteiger partial charge in [-0.2, -0.15) is 0 Å². The van der Waals surface area contributed by atoms with Crippen molar-refractivity contribution in [1.29, 1.82) is 0 Å². The zero-order chi connectivity index (χ0) is 18.8. The summed E-state index contributed by atoms with van der Waals surface area (Å²) in [5.41, 5.74) is 8.31. The molecule has 0 bridgehead atoms. The highest BCUT2D eigenvalue weighted by Crippen LogP contribution is 2.61. The third kappa shape index (κ3) is 2.88. The highest BCUT2D eigenvalue weighted by atomic mass is 14.4. The standard InChI is InChI=1S/C28H22/c1-5-13-21(14-6-1)25-26(22-15-7-2-8-16-22)28(24-19-11-4-12-20-24)27(25)23-17-9-3-10-18-23/h1-20,25-26H/t25-,26+. The second-order valence-corrected chi connectivity index (χ2v) is 7.34. The van der Waals surface area contributed by atoms with Crippen molar-refractivity contribution < 1.29 is 0 Å². The smallest absolute Gasteiger partial charge is 0.0208 e. The van der Waals surface area contributed by atoms with Crippen molar-refractivity contribution >= 4 is 11.1 Å². The first-order chi connectivity index (χ1) is 13.9. The molecule has 0 radical (unpaired) electrons. The van der Waals surface area contributed by atoms with Gasteiger partial charge in [0.15, 0.2) is 0 Å². The van der Waals surface area contributed by atoms with Crippen LogP contribution in [-0.4, -0.2) is 0 Å². The average molecular weight is 358 g/mol. The molecule has 0 N–H and O–H groups in total. The Morgan fingerprint density at radius 1 is 0.321 bits per heavy atom. The maximum Gasteiger partial charge on any atom is 0.0208 e. The van der Waals surface area contributed by atoms with Crippen molar-refractivity contribution in [2.24, 2.45) is 0 Å². The van der Waals surface area contributed by atoms with E-state index in [0.717, 1.165) is 0 Å². The molecule has 5 rings (SSSR count). The van der Waals surface area contributed by atoms with E-state index in [1.54, 1.807) is 0 Å². The van der Waals surface area contributed by atoms with Gasteiger partial charge in [0.1, 0.15) is 0 Å². The molecule has 0 aliphatic heterocycles. The normalized spacial score (nSPS) is 18.6. The molecule has 4 aromatic rings. The molecule has 0 nitrogen and oxygen atoms in total. The lowest BCUT2D eigenvalue weighted by Crippen LogP contribution is -2.26. The first kappa shape index (κ1) is 16.8. The highest BCUT2D eigenvalue weighted by Gasteiger charge is 2.42. The highest BCUT2D eigenvalue weighted by molar-refractivity contribution is 6.04. The summed E-state index contributed by atoms with van der Waals surface area (Å²) >= 11 is 0. The van der Waals surface area contributed by atoms with Gasteiger partial charge < -0.3 is 0 Å². The molecule has 134 valence electrons. The maximum absolute atomic E-state index is 2.27. The van der Waals surface area contributed by atoms with E-state index in [-0.39, 0.29) is 0 Å². The minimum Gasteiger partial charge on any atom is -0.0622 e. The van der Waals surface area contributed by atoms with Crippen molar-refractivity contribution in [1.82, 2.24) is 0 Å². The van der Waals surface area contributed by atoms with Crippen LogP contribution >= 0.6 is 0 Å². The Morgan fingerprint density at radius 3 is 0.929 bits per heavy atom. The second-order valence-electron chi connectivity index (χ2n) is 7.34. The van der Waals surface area contributed by atoms with Crippen LogP contribution in [0.15, 0.2) is 121 Å². The summed E-state index contributed by atoms with van der Waals surface area (Å²) in [6, 6.07) is 43.6. The molecule has 1 aliphatic rings. The molecule has 4 aromatic carbocycles. The summed E-state index contributed by atoms with van der Waals surface area (Å²) in [6.07, 6.45) is 0. The Labute approximate surface area is 166 Å². The third-order valence-electron chi connectivity index (χ3n) is 5.73. The van der Waals surface area contributed by atoms with E-state index in [0.29, 0.717) is 11.8 Å². The van der Waals surface area contributed by atoms with Crippen LogP contribution in [0.5, 0.6) is 0 Å². The van der Waals surface area contributed by atoms with Gasteiger partial charge in [0.05, 0.1) is 0 Å². The fraction of sp³-hybridized carbons (Fsp3) is 0.0714. The molecule has 0 amide bonds. The molecule has 0 unspecified atom stereocenters. The minimum atomic E-state index is 0.362. The van der Waals surface area contributed by atoms with Gasteiger partial charge in [-0.3, -0.25) is 0 Å². The molecule has 28 heavy (non-hydrogen) atoms. The van der Waals surface area contributed by atoms with Gasteiger partial charge >= 0.3 is 0 Å². The molecule has 0 fully saturated rings. The van der Waals surface area contributed by atoms with Crippen molar-refractivity contribution in [2.45, 2.75) is 11.8 Å². The lowest BCUT2D eigenvalue weighted by Gasteiger charge is -2.44. The predicted octanol–water partition coefficient (Wildman–Crippen LogP) is 7.18. The third-order valence-corrected chi connectivity index (χ3v) is 5.73. The molecular formula is C28H22. The van der Waals surface area contributed by atoms with Crippen LogP contribution in [0.2, 0.25) is 0 Å². The zero-order valence-corrected chi connectivity index (χ0v) is 15.7. The maximum atomic E-state index is 2.27. The van der Waals surface area contributed by atoms with Crippen LogP contribution in [0.25, 0.3) is 11.1 Å². The van der Waals surface area contributed by atoms with E-state index in [1.807, 2.05) is 0 Å².